The summed E-state index contributed by atoms with van der Waals surface area (Å²) in [6.07, 6.45) is -0.223. The van der Waals surface area contributed by atoms with Crippen LogP contribution in [0.5, 0.6) is 0 Å². The highest BCUT2D eigenvalue weighted by atomic mass is 19.4. The van der Waals surface area contributed by atoms with E-state index >= 15 is 0 Å². The molecule has 2 heterocycles. The molecule has 2 saturated heterocycles. The van der Waals surface area contributed by atoms with E-state index in [4.69, 9.17) is 0 Å². The van der Waals surface area contributed by atoms with E-state index in [9.17, 15) is 18.0 Å². The molecule has 1 aromatic rings. The van der Waals surface area contributed by atoms with Crippen LogP contribution in [0.3, 0.4) is 0 Å². The molecule has 2 aliphatic rings. The van der Waals surface area contributed by atoms with E-state index in [0.29, 0.717) is 17.8 Å². The molecule has 0 aromatic heterocycles. The molecule has 7 heteroatoms. The molecule has 126 valence electrons. The normalized spacial score (nSPS) is 26.9. The van der Waals surface area contributed by atoms with Crippen molar-refractivity contribution in [2.24, 2.45) is 0 Å². The molecule has 0 spiro atoms. The number of halogens is 3. The van der Waals surface area contributed by atoms with E-state index < -0.39 is 11.7 Å². The van der Waals surface area contributed by atoms with Crippen molar-refractivity contribution in [2.75, 3.05) is 12.4 Å². The summed E-state index contributed by atoms with van der Waals surface area (Å²) < 4.78 is 37.6. The van der Waals surface area contributed by atoms with Crippen molar-refractivity contribution in [1.29, 1.82) is 0 Å². The van der Waals surface area contributed by atoms with Gasteiger partial charge in [0.05, 0.1) is 5.56 Å². The van der Waals surface area contributed by atoms with Crippen LogP contribution in [-0.4, -0.2) is 36.1 Å². The topological polar surface area (TPSA) is 44.4 Å². The number of piperidine rings is 1. The highest BCUT2D eigenvalue weighted by Gasteiger charge is 2.36. The minimum absolute atomic E-state index is 0.170. The first-order valence-electron chi connectivity index (χ1n) is 7.80. The molecule has 23 heavy (non-hydrogen) atoms. The van der Waals surface area contributed by atoms with E-state index in [-0.39, 0.29) is 12.1 Å². The van der Waals surface area contributed by atoms with Gasteiger partial charge in [0, 0.05) is 30.9 Å². The summed E-state index contributed by atoms with van der Waals surface area (Å²) in [6.45, 7) is 0. The molecule has 2 aliphatic heterocycles. The number of benzene rings is 1. The monoisotopic (exact) mass is 327 g/mol. The number of anilines is 1. The van der Waals surface area contributed by atoms with Gasteiger partial charge in [-0.2, -0.15) is 13.2 Å². The number of carbonyl (C=O) groups excluding carboxylic acids is 1. The van der Waals surface area contributed by atoms with Gasteiger partial charge in [-0.05, 0) is 49.9 Å². The lowest BCUT2D eigenvalue weighted by Gasteiger charge is -2.35. The van der Waals surface area contributed by atoms with Gasteiger partial charge in [0.25, 0.3) is 0 Å². The van der Waals surface area contributed by atoms with Crippen LogP contribution in [0.1, 0.15) is 31.2 Å². The van der Waals surface area contributed by atoms with Gasteiger partial charge in [0.15, 0.2) is 0 Å². The quantitative estimate of drug-likeness (QED) is 0.874. The number of nitrogens with zero attached hydrogens (tertiary/aromatic N) is 1. The maximum atomic E-state index is 12.5. The van der Waals surface area contributed by atoms with Gasteiger partial charge in [-0.3, -0.25) is 0 Å². The molecule has 0 radical (unpaired) electrons. The molecule has 2 atom stereocenters. The van der Waals surface area contributed by atoms with Gasteiger partial charge in [-0.25, -0.2) is 4.79 Å². The van der Waals surface area contributed by atoms with Crippen molar-refractivity contribution >= 4 is 11.7 Å². The first-order chi connectivity index (χ1) is 10.8. The number of alkyl halides is 3. The molecular weight excluding hydrogens is 307 g/mol. The molecule has 1 aromatic carbocycles. The average molecular weight is 327 g/mol. The SMILES string of the molecule is CN(C(=O)Nc1ccc(C(F)(F)F)cc1)C1CC2CCC(C1)N2. The molecule has 2 fully saturated rings. The van der Waals surface area contributed by atoms with Crippen LogP contribution in [0.25, 0.3) is 0 Å². The van der Waals surface area contributed by atoms with Crippen molar-refractivity contribution < 1.29 is 18.0 Å². The molecule has 4 nitrogen and oxygen atoms in total. The summed E-state index contributed by atoms with van der Waals surface area (Å²) in [5, 5.41) is 6.19. The zero-order valence-corrected chi connectivity index (χ0v) is 12.9. The highest BCUT2D eigenvalue weighted by Crippen LogP contribution is 2.31. The van der Waals surface area contributed by atoms with Crippen molar-refractivity contribution in [3.05, 3.63) is 29.8 Å². The second-order valence-electron chi connectivity index (χ2n) is 6.38. The molecule has 3 rings (SSSR count). The number of urea groups is 1. The summed E-state index contributed by atoms with van der Waals surface area (Å²) in [7, 11) is 1.74. The maximum Gasteiger partial charge on any atom is 0.416 e. The zero-order valence-electron chi connectivity index (χ0n) is 12.9. The van der Waals surface area contributed by atoms with Crippen molar-refractivity contribution in [1.82, 2.24) is 10.2 Å². The number of hydrogen-bond donors (Lipinski definition) is 2. The van der Waals surface area contributed by atoms with E-state index in [1.807, 2.05) is 0 Å². The van der Waals surface area contributed by atoms with Gasteiger partial charge >= 0.3 is 12.2 Å². The lowest BCUT2D eigenvalue weighted by Crippen LogP contribution is -2.49. The van der Waals surface area contributed by atoms with Gasteiger partial charge < -0.3 is 15.5 Å². The van der Waals surface area contributed by atoms with Crippen LogP contribution in [0.4, 0.5) is 23.7 Å². The molecule has 2 N–H and O–H groups in total. The third-order valence-corrected chi connectivity index (χ3v) is 4.78. The Morgan fingerprint density at radius 3 is 2.26 bits per heavy atom. The summed E-state index contributed by atoms with van der Waals surface area (Å²) >= 11 is 0. The van der Waals surface area contributed by atoms with Crippen LogP contribution in [0.15, 0.2) is 24.3 Å². The maximum absolute atomic E-state index is 12.5. The Morgan fingerprint density at radius 1 is 1.17 bits per heavy atom. The number of rotatable bonds is 2. The molecular formula is C16H20F3N3O. The minimum Gasteiger partial charge on any atom is -0.324 e. The minimum atomic E-state index is -4.37. The Morgan fingerprint density at radius 2 is 1.74 bits per heavy atom. The Balaban J connectivity index is 1.60. The van der Waals surface area contributed by atoms with Crippen LogP contribution in [0.2, 0.25) is 0 Å². The average Bonchev–Trinajstić information content (AvgIpc) is 2.84. The zero-order chi connectivity index (χ0) is 16.6. The fourth-order valence-electron chi connectivity index (χ4n) is 3.46. The van der Waals surface area contributed by atoms with E-state index in [1.165, 1.54) is 12.1 Å². The summed E-state index contributed by atoms with van der Waals surface area (Å²) in [4.78, 5) is 14.0. The van der Waals surface area contributed by atoms with Crippen molar-refractivity contribution in [3.63, 3.8) is 0 Å². The molecule has 2 bridgehead atoms. The van der Waals surface area contributed by atoms with Crippen molar-refractivity contribution in [3.8, 4) is 0 Å². The Kier molecular flexibility index (Phi) is 4.23. The van der Waals surface area contributed by atoms with Crippen LogP contribution in [0, 0.1) is 0 Å². The predicted molar refractivity (Wildman–Crippen MR) is 81.2 cm³/mol. The highest BCUT2D eigenvalue weighted by molar-refractivity contribution is 5.89. The van der Waals surface area contributed by atoms with Gasteiger partial charge in [0.1, 0.15) is 0 Å². The second-order valence-corrected chi connectivity index (χ2v) is 6.38. The number of fused-ring (bicyclic) bond motifs is 2. The third kappa shape index (κ3) is 3.60. The van der Waals surface area contributed by atoms with Gasteiger partial charge in [-0.1, -0.05) is 0 Å². The summed E-state index contributed by atoms with van der Waals surface area (Å²) in [5.74, 6) is 0. The Bertz CT molecular complexity index is 561. The standard InChI is InChI=1S/C16H20F3N3O/c1-22(14-8-12-6-7-13(9-14)20-12)15(23)21-11-4-2-10(3-5-11)16(17,18)19/h2-5,12-14,20H,6-9H2,1H3,(H,21,23). The number of nitrogens with one attached hydrogen (secondary N) is 2. The third-order valence-electron chi connectivity index (χ3n) is 4.78. The summed E-state index contributed by atoms with van der Waals surface area (Å²) in [6, 6.07) is 5.33. The first-order valence-corrected chi connectivity index (χ1v) is 7.80. The second kappa shape index (κ2) is 6.03. The molecule has 2 amide bonds. The Labute approximate surface area is 133 Å². The first kappa shape index (κ1) is 16.1. The fourth-order valence-corrected chi connectivity index (χ4v) is 3.46. The van der Waals surface area contributed by atoms with E-state index in [0.717, 1.165) is 37.8 Å². The Hall–Kier alpha value is -1.76. The molecule has 0 saturated carbocycles. The van der Waals surface area contributed by atoms with Crippen LogP contribution < -0.4 is 10.6 Å². The fraction of sp³-hybridized carbons (Fsp3) is 0.562. The lowest BCUT2D eigenvalue weighted by atomic mass is 9.99. The molecule has 2 unspecified atom stereocenters. The largest absolute Gasteiger partial charge is 0.416 e. The van der Waals surface area contributed by atoms with Crippen molar-refractivity contribution in [2.45, 2.75) is 50.0 Å². The number of hydrogen-bond acceptors (Lipinski definition) is 2. The van der Waals surface area contributed by atoms with Crippen LogP contribution in [-0.2, 0) is 6.18 Å². The predicted octanol–water partition coefficient (Wildman–Crippen LogP) is 3.45. The van der Waals surface area contributed by atoms with Gasteiger partial charge in [-0.15, -0.1) is 0 Å². The smallest absolute Gasteiger partial charge is 0.324 e. The van der Waals surface area contributed by atoms with E-state index in [1.54, 1.807) is 11.9 Å². The van der Waals surface area contributed by atoms with Crippen LogP contribution >= 0.6 is 0 Å². The van der Waals surface area contributed by atoms with E-state index in [2.05, 4.69) is 10.6 Å². The van der Waals surface area contributed by atoms with Gasteiger partial charge in [0.2, 0.25) is 0 Å². The number of amides is 2. The molecule has 0 aliphatic carbocycles. The lowest BCUT2D eigenvalue weighted by molar-refractivity contribution is -0.137. The number of carbonyl (C=O) groups is 1. The summed E-state index contributed by atoms with van der Waals surface area (Å²) in [5.41, 5.74) is -0.356.